The largest absolute Gasteiger partial charge is 0.668 e. The zero-order valence-electron chi connectivity index (χ0n) is 10.6. The van der Waals surface area contributed by atoms with Gasteiger partial charge in [-0.05, 0) is 0 Å². The van der Waals surface area contributed by atoms with Crippen LogP contribution in [-0.4, -0.2) is 59.2 Å². The van der Waals surface area contributed by atoms with Gasteiger partial charge in [-0.25, -0.2) is 0 Å². The number of rotatable bonds is 4. The topological polar surface area (TPSA) is 103 Å². The quantitative estimate of drug-likeness (QED) is 0.316. The van der Waals surface area contributed by atoms with Gasteiger partial charge in [-0.2, -0.15) is 0 Å². The average molecular weight is 1130 g/mol. The van der Waals surface area contributed by atoms with Gasteiger partial charge in [-0.15, -0.1) is 6.58 Å². The number of ether oxygens (including phenoxy) is 2. The fourth-order valence-corrected chi connectivity index (χ4v) is 1.39. The van der Waals surface area contributed by atoms with Crippen molar-refractivity contribution in [2.24, 2.45) is 0 Å². The summed E-state index contributed by atoms with van der Waals surface area (Å²) in [5.41, 5.74) is 7.53. The minimum atomic E-state index is -1.29. The fourth-order valence-electron chi connectivity index (χ4n) is 1.39. The summed E-state index contributed by atoms with van der Waals surface area (Å²) in [7, 11) is 0. The van der Waals surface area contributed by atoms with Crippen LogP contribution in [0.1, 0.15) is 0 Å². The molecule has 0 spiro atoms. The van der Waals surface area contributed by atoms with Crippen molar-refractivity contribution in [3.8, 4) is 0 Å². The van der Waals surface area contributed by atoms with E-state index in [1.807, 2.05) is 0 Å². The van der Waals surface area contributed by atoms with Gasteiger partial charge in [0.2, 0.25) is 0 Å². The summed E-state index contributed by atoms with van der Waals surface area (Å²) in [6.45, 7) is 3.19. The van der Waals surface area contributed by atoms with Crippen molar-refractivity contribution in [3.63, 3.8) is 0 Å². The van der Waals surface area contributed by atoms with E-state index in [0.717, 1.165) is 0 Å². The summed E-state index contributed by atoms with van der Waals surface area (Å²) in [6.07, 6.45) is -2.94. The number of hydrogen-bond acceptors (Lipinski definition) is 5. The Kier molecular flexibility index (Phi) is 30.4. The molecule has 1 aliphatic rings. The van der Waals surface area contributed by atoms with Crippen LogP contribution in [0.15, 0.2) is 12.7 Å². The van der Waals surface area contributed by atoms with Crippen molar-refractivity contribution in [1.29, 1.82) is 0 Å². The molecular formula is C9H16Ac4NO5-. The van der Waals surface area contributed by atoms with E-state index in [-0.39, 0.29) is 183 Å². The second-order valence-corrected chi connectivity index (χ2v) is 3.35. The van der Waals surface area contributed by atoms with Crippen LogP contribution in [0.4, 0.5) is 0 Å². The second-order valence-electron chi connectivity index (χ2n) is 3.35. The van der Waals surface area contributed by atoms with Crippen LogP contribution in [0.2, 0.25) is 0 Å². The van der Waals surface area contributed by atoms with E-state index in [1.165, 1.54) is 6.08 Å². The van der Waals surface area contributed by atoms with Crippen LogP contribution >= 0.6 is 0 Å². The van der Waals surface area contributed by atoms with E-state index in [9.17, 15) is 10.2 Å². The Morgan fingerprint density at radius 2 is 1.68 bits per heavy atom. The van der Waals surface area contributed by atoms with E-state index in [2.05, 4.69) is 6.58 Å². The van der Waals surface area contributed by atoms with Gasteiger partial charge >= 0.3 is 0 Å². The first-order valence-corrected chi connectivity index (χ1v) is 4.68. The average Bonchev–Trinajstić information content (AvgIpc) is 2.25. The molecule has 0 aliphatic carbocycles. The summed E-state index contributed by atoms with van der Waals surface area (Å²) in [5.74, 6) is 0. The van der Waals surface area contributed by atoms with Crippen LogP contribution in [0.25, 0.3) is 5.73 Å². The first kappa shape index (κ1) is 32.0. The summed E-state index contributed by atoms with van der Waals surface area (Å²) < 4.78 is 10.2. The maximum atomic E-state index is 9.48. The SMILES string of the molecule is C=CCO[C@H]1OC(CO)[C@H](O)[C@H](O)C1[NH-].[Ac].[Ac].[Ac].[Ac]. The molecule has 0 bridgehead atoms. The Morgan fingerprint density at radius 1 is 1.16 bits per heavy atom. The smallest absolute Gasteiger partial charge is 0.145 e. The van der Waals surface area contributed by atoms with E-state index in [4.69, 9.17) is 20.3 Å². The van der Waals surface area contributed by atoms with Gasteiger partial charge in [0, 0.05) is 176 Å². The van der Waals surface area contributed by atoms with Crippen LogP contribution < -0.4 is 0 Å². The minimum absolute atomic E-state index is 0. The van der Waals surface area contributed by atoms with Gasteiger partial charge in [0.25, 0.3) is 0 Å². The minimum Gasteiger partial charge on any atom is -0.668 e. The van der Waals surface area contributed by atoms with Gasteiger partial charge in [0.15, 0.2) is 0 Å². The molecule has 4 N–H and O–H groups in total. The Bertz CT molecular complexity index is 225. The standard InChI is InChI=1S/C9H16NO5.4Ac/c1-2-3-14-9-6(10)8(13)7(12)5(4-11)15-9;;;;/h2,5-13H,1,3-4H2;;;;/q-1;;;;/t5?,6?,7-,8+,9-;;;;/m0..../s1. The molecule has 1 fully saturated rings. The Labute approximate surface area is 256 Å². The van der Waals surface area contributed by atoms with Crippen molar-refractivity contribution in [3.05, 3.63) is 18.4 Å². The molecule has 0 saturated carbocycles. The van der Waals surface area contributed by atoms with Gasteiger partial charge in [0.1, 0.15) is 18.5 Å². The number of nitrogens with one attached hydrogen (secondary N) is 1. The van der Waals surface area contributed by atoms with Crippen molar-refractivity contribution >= 4 is 0 Å². The number of hydrogen-bond donors (Lipinski definition) is 3. The summed E-state index contributed by atoms with van der Waals surface area (Å²) in [6, 6.07) is -1.09. The summed E-state index contributed by atoms with van der Waals surface area (Å²) in [4.78, 5) is 0. The summed E-state index contributed by atoms with van der Waals surface area (Å²) in [5, 5.41) is 27.8. The third-order valence-electron chi connectivity index (χ3n) is 2.26. The molecule has 2 unspecified atom stereocenters. The van der Waals surface area contributed by atoms with E-state index >= 15 is 0 Å². The molecule has 19 heavy (non-hydrogen) atoms. The molecule has 100 valence electrons. The number of aliphatic hydroxyl groups excluding tert-OH is 3. The Morgan fingerprint density at radius 3 is 2.11 bits per heavy atom. The second kappa shape index (κ2) is 18.1. The molecule has 1 saturated heterocycles. The molecule has 10 heteroatoms. The zero-order chi connectivity index (χ0) is 11.4. The first-order chi connectivity index (χ1) is 7.11. The van der Waals surface area contributed by atoms with Crippen molar-refractivity contribution in [1.82, 2.24) is 0 Å². The number of aliphatic hydroxyl groups is 3. The zero-order valence-corrected chi connectivity index (χ0v) is 29.5. The van der Waals surface area contributed by atoms with Crippen LogP contribution in [0.3, 0.4) is 0 Å². The molecule has 4 radical (unpaired) electrons. The van der Waals surface area contributed by atoms with Crippen LogP contribution in [0, 0.1) is 176 Å². The maximum absolute atomic E-state index is 9.48. The molecule has 0 aromatic carbocycles. The van der Waals surface area contributed by atoms with Crippen molar-refractivity contribution < 1.29 is 201 Å². The molecule has 0 amide bonds. The normalized spacial score (nSPS) is 32.7. The van der Waals surface area contributed by atoms with Crippen LogP contribution in [-0.2, 0) is 9.47 Å². The van der Waals surface area contributed by atoms with E-state index in [1.54, 1.807) is 0 Å². The molecule has 0 aromatic heterocycles. The van der Waals surface area contributed by atoms with Crippen molar-refractivity contribution in [2.45, 2.75) is 30.6 Å². The van der Waals surface area contributed by atoms with Crippen molar-refractivity contribution in [2.75, 3.05) is 13.2 Å². The Balaban J connectivity index is -0.000000281. The molecule has 1 aliphatic heterocycles. The van der Waals surface area contributed by atoms with Gasteiger partial charge in [-0.3, -0.25) is 0 Å². The van der Waals surface area contributed by atoms with Gasteiger partial charge < -0.3 is 30.5 Å². The maximum Gasteiger partial charge on any atom is 0.145 e. The molecule has 6 nitrogen and oxygen atoms in total. The van der Waals surface area contributed by atoms with E-state index in [0.29, 0.717) is 0 Å². The summed E-state index contributed by atoms with van der Waals surface area (Å²) >= 11 is 0. The molecular weight excluding hydrogens is 1110 g/mol. The molecule has 5 atom stereocenters. The van der Waals surface area contributed by atoms with Crippen LogP contribution in [0.5, 0.6) is 0 Å². The van der Waals surface area contributed by atoms with Gasteiger partial charge in [0.05, 0.1) is 19.3 Å². The predicted octanol–water partition coefficient (Wildman–Crippen LogP) is -0.951. The third-order valence-corrected chi connectivity index (χ3v) is 2.26. The predicted molar refractivity (Wildman–Crippen MR) is 52.0 cm³/mol. The molecule has 1 heterocycles. The monoisotopic (exact) mass is 1130 g/mol. The first-order valence-electron chi connectivity index (χ1n) is 4.68. The van der Waals surface area contributed by atoms with Gasteiger partial charge in [-0.1, -0.05) is 12.1 Å². The fraction of sp³-hybridized carbons (Fsp3) is 0.778. The van der Waals surface area contributed by atoms with E-state index < -0.39 is 37.3 Å². The third kappa shape index (κ3) is 10.8. The molecule has 0 aromatic rings. The molecule has 1 rings (SSSR count). The Hall–Kier alpha value is 5.27.